The van der Waals surface area contributed by atoms with Gasteiger partial charge in [0.15, 0.2) is 0 Å². The molecule has 5 heteroatoms. The zero-order valence-corrected chi connectivity index (χ0v) is 13.1. The molecule has 1 unspecified atom stereocenters. The smallest absolute Gasteiger partial charge is 0.0641 e. The van der Waals surface area contributed by atoms with Crippen molar-refractivity contribution in [3.8, 4) is 0 Å². The molecule has 0 aliphatic heterocycles. The van der Waals surface area contributed by atoms with Crippen LogP contribution in [0.3, 0.4) is 0 Å². The molecule has 0 fully saturated rings. The maximum Gasteiger partial charge on any atom is 0.0641 e. The quantitative estimate of drug-likeness (QED) is 0.823. The first-order chi connectivity index (χ1) is 9.47. The fraction of sp³-hybridized carbons (Fsp3) is 0.600. The van der Waals surface area contributed by atoms with E-state index >= 15 is 0 Å². The third kappa shape index (κ3) is 3.48. The van der Waals surface area contributed by atoms with Gasteiger partial charge in [0, 0.05) is 37.1 Å². The second kappa shape index (κ2) is 6.22. The highest BCUT2D eigenvalue weighted by atomic mass is 15.3. The van der Waals surface area contributed by atoms with Crippen molar-refractivity contribution in [2.45, 2.75) is 46.7 Å². The molecule has 0 radical (unpaired) electrons. The average molecular weight is 275 g/mol. The number of hydrogen-bond acceptors (Lipinski definition) is 3. The summed E-state index contributed by atoms with van der Waals surface area (Å²) in [5.41, 5.74) is 4.71. The number of aromatic nitrogens is 4. The first-order valence-corrected chi connectivity index (χ1v) is 7.22. The molecule has 0 amide bonds. The van der Waals surface area contributed by atoms with Crippen LogP contribution in [0.25, 0.3) is 0 Å². The van der Waals surface area contributed by atoms with E-state index in [1.807, 2.05) is 18.7 Å². The fourth-order valence-electron chi connectivity index (χ4n) is 2.60. The number of nitrogens with zero attached hydrogens (tertiary/aromatic N) is 4. The molecule has 0 aliphatic rings. The first kappa shape index (κ1) is 14.8. The third-order valence-electron chi connectivity index (χ3n) is 3.62. The Bertz CT molecular complexity index is 567. The molecular formula is C15H25N5. The minimum atomic E-state index is 0.337. The van der Waals surface area contributed by atoms with Crippen LogP contribution < -0.4 is 5.32 Å². The molecule has 5 nitrogen and oxygen atoms in total. The number of aryl methyl sites for hydroxylation is 5. The first-order valence-electron chi connectivity index (χ1n) is 7.22. The van der Waals surface area contributed by atoms with E-state index in [1.165, 1.54) is 11.3 Å². The lowest BCUT2D eigenvalue weighted by Crippen LogP contribution is -2.21. The van der Waals surface area contributed by atoms with Crippen LogP contribution in [0.15, 0.2) is 12.3 Å². The molecular weight excluding hydrogens is 250 g/mol. The molecule has 2 aromatic heterocycles. The summed E-state index contributed by atoms with van der Waals surface area (Å²) in [4.78, 5) is 0. The second-order valence-electron chi connectivity index (χ2n) is 5.52. The van der Waals surface area contributed by atoms with Gasteiger partial charge >= 0.3 is 0 Å². The van der Waals surface area contributed by atoms with Crippen LogP contribution in [0.1, 0.15) is 42.0 Å². The Morgan fingerprint density at radius 2 is 2.00 bits per heavy atom. The van der Waals surface area contributed by atoms with Gasteiger partial charge in [-0.2, -0.15) is 10.2 Å². The summed E-state index contributed by atoms with van der Waals surface area (Å²) in [5, 5.41) is 12.4. The van der Waals surface area contributed by atoms with Gasteiger partial charge in [-0.25, -0.2) is 0 Å². The Labute approximate surface area is 121 Å². The third-order valence-corrected chi connectivity index (χ3v) is 3.62. The monoisotopic (exact) mass is 275 g/mol. The number of nitrogens with one attached hydrogen (secondary N) is 1. The lowest BCUT2D eigenvalue weighted by atomic mass is 10.1. The molecule has 1 N–H and O–H groups in total. The zero-order valence-electron chi connectivity index (χ0n) is 13.1. The summed E-state index contributed by atoms with van der Waals surface area (Å²) >= 11 is 0. The van der Waals surface area contributed by atoms with Gasteiger partial charge in [0.05, 0.1) is 11.4 Å². The van der Waals surface area contributed by atoms with E-state index in [9.17, 15) is 0 Å². The molecule has 2 aromatic rings. The normalized spacial score (nSPS) is 12.8. The van der Waals surface area contributed by atoms with Gasteiger partial charge in [0.25, 0.3) is 0 Å². The van der Waals surface area contributed by atoms with Crippen LogP contribution in [-0.4, -0.2) is 26.1 Å². The molecule has 2 rings (SSSR count). The lowest BCUT2D eigenvalue weighted by molar-refractivity contribution is 0.499. The molecule has 0 aliphatic carbocycles. The zero-order chi connectivity index (χ0) is 14.7. The van der Waals surface area contributed by atoms with Crippen LogP contribution >= 0.6 is 0 Å². The van der Waals surface area contributed by atoms with Gasteiger partial charge in [-0.3, -0.25) is 9.36 Å². The molecule has 0 saturated carbocycles. The highest BCUT2D eigenvalue weighted by Crippen LogP contribution is 2.15. The average Bonchev–Trinajstić information content (AvgIpc) is 2.87. The molecule has 0 saturated heterocycles. The van der Waals surface area contributed by atoms with Crippen LogP contribution in [0.2, 0.25) is 0 Å². The van der Waals surface area contributed by atoms with E-state index in [0.717, 1.165) is 30.9 Å². The van der Waals surface area contributed by atoms with E-state index < -0.39 is 0 Å². The van der Waals surface area contributed by atoms with Crippen molar-refractivity contribution in [3.05, 3.63) is 34.9 Å². The molecule has 2 heterocycles. The van der Waals surface area contributed by atoms with E-state index in [2.05, 4.69) is 53.2 Å². The van der Waals surface area contributed by atoms with Crippen LogP contribution in [0, 0.1) is 20.8 Å². The predicted molar refractivity (Wildman–Crippen MR) is 80.7 cm³/mol. The number of hydrogen-bond donors (Lipinski definition) is 1. The van der Waals surface area contributed by atoms with E-state index in [1.54, 1.807) is 0 Å². The Kier molecular flexibility index (Phi) is 4.60. The topological polar surface area (TPSA) is 47.7 Å². The van der Waals surface area contributed by atoms with Gasteiger partial charge in [0.2, 0.25) is 0 Å². The summed E-state index contributed by atoms with van der Waals surface area (Å²) < 4.78 is 3.95. The fourth-order valence-corrected chi connectivity index (χ4v) is 2.60. The highest BCUT2D eigenvalue weighted by molar-refractivity contribution is 5.19. The summed E-state index contributed by atoms with van der Waals surface area (Å²) in [6.07, 6.45) is 3.17. The van der Waals surface area contributed by atoms with E-state index in [4.69, 9.17) is 0 Å². The van der Waals surface area contributed by atoms with Crippen molar-refractivity contribution in [1.82, 2.24) is 24.9 Å². The Morgan fingerprint density at radius 3 is 2.55 bits per heavy atom. The van der Waals surface area contributed by atoms with Crippen molar-refractivity contribution < 1.29 is 0 Å². The van der Waals surface area contributed by atoms with Crippen molar-refractivity contribution >= 4 is 0 Å². The van der Waals surface area contributed by atoms with Gasteiger partial charge in [-0.05, 0) is 46.7 Å². The molecule has 110 valence electrons. The van der Waals surface area contributed by atoms with Crippen LogP contribution in [-0.2, 0) is 13.6 Å². The molecule has 0 aromatic carbocycles. The molecule has 20 heavy (non-hydrogen) atoms. The van der Waals surface area contributed by atoms with Crippen molar-refractivity contribution in [2.75, 3.05) is 6.54 Å². The van der Waals surface area contributed by atoms with E-state index in [-0.39, 0.29) is 0 Å². The summed E-state index contributed by atoms with van der Waals surface area (Å²) in [5.74, 6) is 0. The Balaban J connectivity index is 1.78. The highest BCUT2D eigenvalue weighted by Gasteiger charge is 2.10. The van der Waals surface area contributed by atoms with Gasteiger partial charge < -0.3 is 5.32 Å². The predicted octanol–water partition coefficient (Wildman–Crippen LogP) is 2.28. The molecule has 0 bridgehead atoms. The lowest BCUT2D eigenvalue weighted by Gasteiger charge is -2.13. The van der Waals surface area contributed by atoms with Gasteiger partial charge in [0.1, 0.15) is 0 Å². The minimum Gasteiger partial charge on any atom is -0.310 e. The molecule has 0 spiro atoms. The molecule has 1 atom stereocenters. The standard InChI is InChI=1S/C15H25N5/c1-11-9-12(2)20(17-11)8-6-7-16-13(3)15-10-19(5)18-14(15)4/h9-10,13,16H,6-8H2,1-5H3. The van der Waals surface area contributed by atoms with Crippen LogP contribution in [0.4, 0.5) is 0 Å². The Morgan fingerprint density at radius 1 is 1.25 bits per heavy atom. The van der Waals surface area contributed by atoms with Crippen molar-refractivity contribution in [3.63, 3.8) is 0 Å². The van der Waals surface area contributed by atoms with Crippen molar-refractivity contribution in [1.29, 1.82) is 0 Å². The maximum absolute atomic E-state index is 4.48. The largest absolute Gasteiger partial charge is 0.310 e. The summed E-state index contributed by atoms with van der Waals surface area (Å²) in [7, 11) is 1.96. The Hall–Kier alpha value is -1.62. The summed E-state index contributed by atoms with van der Waals surface area (Å²) in [6.45, 7) is 10.3. The van der Waals surface area contributed by atoms with Crippen LogP contribution in [0.5, 0.6) is 0 Å². The van der Waals surface area contributed by atoms with E-state index in [0.29, 0.717) is 6.04 Å². The van der Waals surface area contributed by atoms with Gasteiger partial charge in [-0.15, -0.1) is 0 Å². The minimum absolute atomic E-state index is 0.337. The maximum atomic E-state index is 4.48. The SMILES string of the molecule is Cc1cc(C)n(CCCNC(C)c2cn(C)nc2C)n1. The van der Waals surface area contributed by atoms with Gasteiger partial charge in [-0.1, -0.05) is 0 Å². The summed E-state index contributed by atoms with van der Waals surface area (Å²) in [6, 6.07) is 2.46. The second-order valence-corrected chi connectivity index (χ2v) is 5.52. The van der Waals surface area contributed by atoms with Crippen molar-refractivity contribution in [2.24, 2.45) is 7.05 Å². The number of rotatable bonds is 6.